The van der Waals surface area contributed by atoms with Crippen LogP contribution in [0.3, 0.4) is 0 Å². The third kappa shape index (κ3) is 4.87. The number of para-hydroxylation sites is 1. The average Bonchev–Trinajstić information content (AvgIpc) is 2.62. The van der Waals surface area contributed by atoms with Gasteiger partial charge in [-0.3, -0.25) is 4.90 Å². The molecule has 0 radical (unpaired) electrons. The van der Waals surface area contributed by atoms with Gasteiger partial charge in [-0.25, -0.2) is 0 Å². The number of hydrogen-bond acceptors (Lipinski definition) is 5. The molecular weight excluding hydrogens is 316 g/mol. The van der Waals surface area contributed by atoms with Gasteiger partial charge in [0.05, 0.1) is 0 Å². The predicted octanol–water partition coefficient (Wildman–Crippen LogP) is 2.26. The molecule has 1 unspecified atom stereocenters. The fourth-order valence-corrected chi connectivity index (χ4v) is 3.13. The molecule has 0 aromatic heterocycles. The van der Waals surface area contributed by atoms with Crippen LogP contribution in [0.1, 0.15) is 5.56 Å². The molecule has 0 saturated carbocycles. The number of phenols is 1. The molecule has 1 saturated heterocycles. The highest BCUT2D eigenvalue weighted by Crippen LogP contribution is 2.21. The number of hydrogen-bond donors (Lipinski definition) is 2. The standard InChI is InChI=1S/C20H26N2O3/c1-16-5-2-3-8-20(16)25-15-19(24)14-21-9-11-22(12-10-21)17-6-4-7-18(23)13-17/h2-8,13,19,23-24H,9-12,14-15H2,1H3. The monoisotopic (exact) mass is 342 g/mol. The molecule has 1 aliphatic heterocycles. The first-order valence-electron chi connectivity index (χ1n) is 8.74. The van der Waals surface area contributed by atoms with Crippen molar-refractivity contribution in [1.82, 2.24) is 4.90 Å². The summed E-state index contributed by atoms with van der Waals surface area (Å²) >= 11 is 0. The second-order valence-corrected chi connectivity index (χ2v) is 6.54. The van der Waals surface area contributed by atoms with Crippen LogP contribution in [-0.2, 0) is 0 Å². The molecule has 1 heterocycles. The molecule has 0 aliphatic carbocycles. The SMILES string of the molecule is Cc1ccccc1OCC(O)CN1CCN(c2cccc(O)c2)CC1. The molecule has 2 aromatic rings. The van der Waals surface area contributed by atoms with E-state index >= 15 is 0 Å². The van der Waals surface area contributed by atoms with Crippen molar-refractivity contribution in [3.63, 3.8) is 0 Å². The number of β-amino-alcohol motifs (C(OH)–C–C–N with tert-alkyl or cyclic N) is 1. The van der Waals surface area contributed by atoms with Crippen LogP contribution in [0.15, 0.2) is 48.5 Å². The maximum atomic E-state index is 10.3. The van der Waals surface area contributed by atoms with Crippen molar-refractivity contribution >= 4 is 5.69 Å². The molecule has 0 spiro atoms. The lowest BCUT2D eigenvalue weighted by molar-refractivity contribution is 0.0661. The molecule has 2 aromatic carbocycles. The van der Waals surface area contributed by atoms with Gasteiger partial charge in [-0.1, -0.05) is 24.3 Å². The number of aryl methyl sites for hydroxylation is 1. The van der Waals surface area contributed by atoms with E-state index in [-0.39, 0.29) is 0 Å². The zero-order valence-corrected chi connectivity index (χ0v) is 14.6. The molecule has 5 nitrogen and oxygen atoms in total. The summed E-state index contributed by atoms with van der Waals surface area (Å²) in [5, 5.41) is 19.9. The summed E-state index contributed by atoms with van der Waals surface area (Å²) in [6.45, 7) is 6.46. The highest BCUT2D eigenvalue weighted by Gasteiger charge is 2.20. The second kappa shape index (κ2) is 8.23. The number of benzene rings is 2. The van der Waals surface area contributed by atoms with E-state index in [1.165, 1.54) is 0 Å². The molecule has 0 bridgehead atoms. The van der Waals surface area contributed by atoms with Gasteiger partial charge in [0.25, 0.3) is 0 Å². The highest BCUT2D eigenvalue weighted by atomic mass is 16.5. The first kappa shape index (κ1) is 17.6. The van der Waals surface area contributed by atoms with Crippen LogP contribution in [0.4, 0.5) is 5.69 Å². The smallest absolute Gasteiger partial charge is 0.122 e. The van der Waals surface area contributed by atoms with Gasteiger partial charge in [-0.05, 0) is 30.7 Å². The van der Waals surface area contributed by atoms with Crippen molar-refractivity contribution in [2.75, 3.05) is 44.2 Å². The van der Waals surface area contributed by atoms with Crippen molar-refractivity contribution in [2.24, 2.45) is 0 Å². The van der Waals surface area contributed by atoms with Gasteiger partial charge < -0.3 is 19.8 Å². The lowest BCUT2D eigenvalue weighted by atomic mass is 10.2. The van der Waals surface area contributed by atoms with E-state index < -0.39 is 6.10 Å². The van der Waals surface area contributed by atoms with Crippen LogP contribution in [0, 0.1) is 6.92 Å². The Morgan fingerprint density at radius 2 is 1.80 bits per heavy atom. The van der Waals surface area contributed by atoms with Crippen molar-refractivity contribution in [3.8, 4) is 11.5 Å². The largest absolute Gasteiger partial charge is 0.508 e. The first-order valence-corrected chi connectivity index (χ1v) is 8.74. The summed E-state index contributed by atoms with van der Waals surface area (Å²) in [5.74, 6) is 1.12. The molecule has 25 heavy (non-hydrogen) atoms. The number of nitrogens with zero attached hydrogens (tertiary/aromatic N) is 2. The summed E-state index contributed by atoms with van der Waals surface area (Å²) in [6.07, 6.45) is -0.507. The minimum atomic E-state index is -0.507. The van der Waals surface area contributed by atoms with Crippen molar-refractivity contribution in [3.05, 3.63) is 54.1 Å². The predicted molar refractivity (Wildman–Crippen MR) is 99.4 cm³/mol. The third-order valence-electron chi connectivity index (χ3n) is 4.56. The van der Waals surface area contributed by atoms with E-state index in [1.807, 2.05) is 43.3 Å². The summed E-state index contributed by atoms with van der Waals surface area (Å²) in [5.41, 5.74) is 2.12. The number of ether oxygens (including phenoxy) is 1. The maximum absolute atomic E-state index is 10.3. The zero-order chi connectivity index (χ0) is 17.6. The Morgan fingerprint density at radius 1 is 1.04 bits per heavy atom. The summed E-state index contributed by atoms with van der Waals surface area (Å²) in [7, 11) is 0. The Hall–Kier alpha value is -2.24. The number of aromatic hydroxyl groups is 1. The van der Waals surface area contributed by atoms with Crippen LogP contribution in [-0.4, -0.2) is 60.5 Å². The Kier molecular flexibility index (Phi) is 5.79. The average molecular weight is 342 g/mol. The minimum absolute atomic E-state index is 0.295. The van der Waals surface area contributed by atoms with E-state index in [4.69, 9.17) is 4.74 Å². The number of anilines is 1. The van der Waals surface area contributed by atoms with E-state index in [2.05, 4.69) is 9.80 Å². The topological polar surface area (TPSA) is 56.2 Å². The Bertz CT molecular complexity index is 684. The highest BCUT2D eigenvalue weighted by molar-refractivity contribution is 5.50. The number of phenolic OH excluding ortho intramolecular Hbond substituents is 1. The van der Waals surface area contributed by atoms with Crippen molar-refractivity contribution < 1.29 is 14.9 Å². The van der Waals surface area contributed by atoms with Gasteiger partial charge in [0.1, 0.15) is 24.2 Å². The van der Waals surface area contributed by atoms with Crippen LogP contribution >= 0.6 is 0 Å². The molecule has 134 valence electrons. The summed E-state index contributed by atoms with van der Waals surface area (Å²) in [4.78, 5) is 4.51. The summed E-state index contributed by atoms with van der Waals surface area (Å²) in [6, 6.07) is 15.2. The van der Waals surface area contributed by atoms with Crippen molar-refractivity contribution in [1.29, 1.82) is 0 Å². The van der Waals surface area contributed by atoms with E-state index in [9.17, 15) is 10.2 Å². The third-order valence-corrected chi connectivity index (χ3v) is 4.56. The van der Waals surface area contributed by atoms with Crippen LogP contribution < -0.4 is 9.64 Å². The molecule has 2 N–H and O–H groups in total. The van der Waals surface area contributed by atoms with Gasteiger partial charge in [-0.15, -0.1) is 0 Å². The lowest BCUT2D eigenvalue weighted by Crippen LogP contribution is -2.49. The van der Waals surface area contributed by atoms with Crippen LogP contribution in [0.5, 0.6) is 11.5 Å². The normalized spacial score (nSPS) is 16.6. The molecule has 3 rings (SSSR count). The zero-order valence-electron chi connectivity index (χ0n) is 14.6. The molecule has 1 fully saturated rings. The van der Waals surface area contributed by atoms with Crippen molar-refractivity contribution in [2.45, 2.75) is 13.0 Å². The Labute approximate surface area is 149 Å². The van der Waals surface area contributed by atoms with Gasteiger partial charge in [0.15, 0.2) is 0 Å². The molecule has 5 heteroatoms. The fraction of sp³-hybridized carbons (Fsp3) is 0.400. The van der Waals surface area contributed by atoms with Gasteiger partial charge in [-0.2, -0.15) is 0 Å². The molecule has 0 amide bonds. The number of piperazine rings is 1. The van der Waals surface area contributed by atoms with Crippen LogP contribution in [0.2, 0.25) is 0 Å². The van der Waals surface area contributed by atoms with Gasteiger partial charge in [0, 0.05) is 44.5 Å². The number of rotatable bonds is 6. The quantitative estimate of drug-likeness (QED) is 0.843. The van der Waals surface area contributed by atoms with Gasteiger partial charge in [0.2, 0.25) is 0 Å². The summed E-state index contributed by atoms with van der Waals surface area (Å²) < 4.78 is 5.73. The molecule has 1 aliphatic rings. The number of aliphatic hydroxyl groups excluding tert-OH is 1. The van der Waals surface area contributed by atoms with E-state index in [1.54, 1.807) is 12.1 Å². The Morgan fingerprint density at radius 3 is 2.52 bits per heavy atom. The van der Waals surface area contributed by atoms with E-state index in [0.717, 1.165) is 43.2 Å². The van der Waals surface area contributed by atoms with E-state index in [0.29, 0.717) is 18.9 Å². The Balaban J connectivity index is 1.43. The lowest BCUT2D eigenvalue weighted by Gasteiger charge is -2.36. The first-order chi connectivity index (χ1) is 12.1. The van der Waals surface area contributed by atoms with Crippen LogP contribution in [0.25, 0.3) is 0 Å². The fourth-order valence-electron chi connectivity index (χ4n) is 3.13. The second-order valence-electron chi connectivity index (χ2n) is 6.54. The van der Waals surface area contributed by atoms with Gasteiger partial charge >= 0.3 is 0 Å². The molecular formula is C20H26N2O3. The number of aliphatic hydroxyl groups is 1. The minimum Gasteiger partial charge on any atom is -0.508 e. The molecule has 1 atom stereocenters. The maximum Gasteiger partial charge on any atom is 0.122 e.